The molecule has 0 atom stereocenters. The average molecular weight is 262 g/mol. The maximum atomic E-state index is 12.1. The minimum absolute atomic E-state index is 0.306. The Morgan fingerprint density at radius 3 is 2.65 bits per heavy atom. The van der Waals surface area contributed by atoms with Crippen molar-refractivity contribution < 1.29 is 17.9 Å². The first-order chi connectivity index (χ1) is 7.87. The molecule has 0 unspecified atom stereocenters. The van der Waals surface area contributed by atoms with Crippen LogP contribution in [0, 0.1) is 6.92 Å². The maximum Gasteiger partial charge on any atom is 0.573 e. The van der Waals surface area contributed by atoms with Gasteiger partial charge in [-0.15, -0.1) is 13.2 Å². The second-order valence-corrected chi connectivity index (χ2v) is 3.86. The van der Waals surface area contributed by atoms with Crippen LogP contribution >= 0.6 is 11.6 Å². The van der Waals surface area contributed by atoms with E-state index < -0.39 is 6.36 Å². The molecule has 0 fully saturated rings. The van der Waals surface area contributed by atoms with Crippen molar-refractivity contribution in [1.29, 1.82) is 0 Å². The van der Waals surface area contributed by atoms with Crippen LogP contribution in [-0.4, -0.2) is 11.3 Å². The van der Waals surface area contributed by atoms with Gasteiger partial charge in [-0.05, 0) is 30.7 Å². The molecule has 1 aromatic carbocycles. The van der Waals surface area contributed by atoms with Gasteiger partial charge in [0.1, 0.15) is 5.75 Å². The fourth-order valence-corrected chi connectivity index (χ4v) is 1.64. The maximum absolute atomic E-state index is 12.1. The summed E-state index contributed by atoms with van der Waals surface area (Å²) in [7, 11) is 0. The third kappa shape index (κ3) is 2.61. The molecule has 2 nitrogen and oxygen atoms in total. The predicted octanol–water partition coefficient (Wildman–Crippen LogP) is 4.10. The summed E-state index contributed by atoms with van der Waals surface area (Å²) >= 11 is 5.99. The Morgan fingerprint density at radius 2 is 2.00 bits per heavy atom. The Kier molecular flexibility index (Phi) is 2.87. The van der Waals surface area contributed by atoms with Crippen molar-refractivity contribution >= 4 is 22.5 Å². The summed E-state index contributed by atoms with van der Waals surface area (Å²) in [6.45, 7) is 1.73. The Labute approximate surface area is 100.0 Å². The third-order valence-corrected chi connectivity index (χ3v) is 2.68. The molecule has 0 radical (unpaired) electrons. The topological polar surface area (TPSA) is 22.1 Å². The smallest absolute Gasteiger partial charge is 0.406 e. The summed E-state index contributed by atoms with van der Waals surface area (Å²) in [4.78, 5) is 4.06. The minimum atomic E-state index is -4.71. The first kappa shape index (κ1) is 12.0. The highest BCUT2D eigenvalue weighted by Crippen LogP contribution is 2.30. The van der Waals surface area contributed by atoms with E-state index in [9.17, 15) is 13.2 Å². The number of pyridine rings is 1. The molecule has 2 aromatic rings. The highest BCUT2D eigenvalue weighted by atomic mass is 35.5. The minimum Gasteiger partial charge on any atom is -0.406 e. The molecule has 90 valence electrons. The number of nitrogens with zero attached hydrogens (tertiary/aromatic N) is 1. The van der Waals surface area contributed by atoms with Crippen LogP contribution in [0.25, 0.3) is 10.9 Å². The number of alkyl halides is 3. The van der Waals surface area contributed by atoms with E-state index in [0.29, 0.717) is 21.5 Å². The number of halogens is 4. The number of aryl methyl sites for hydroxylation is 1. The van der Waals surface area contributed by atoms with Crippen LogP contribution in [0.15, 0.2) is 24.4 Å². The molecule has 0 saturated heterocycles. The predicted molar refractivity (Wildman–Crippen MR) is 58.2 cm³/mol. The van der Waals surface area contributed by atoms with Gasteiger partial charge in [0.05, 0.1) is 10.5 Å². The number of hydrogen-bond acceptors (Lipinski definition) is 2. The highest BCUT2D eigenvalue weighted by molar-refractivity contribution is 6.36. The largest absolute Gasteiger partial charge is 0.573 e. The van der Waals surface area contributed by atoms with E-state index >= 15 is 0 Å². The number of hydrogen-bond donors (Lipinski definition) is 0. The van der Waals surface area contributed by atoms with Crippen LogP contribution in [-0.2, 0) is 0 Å². The van der Waals surface area contributed by atoms with E-state index in [1.165, 1.54) is 18.2 Å². The van der Waals surface area contributed by atoms with Gasteiger partial charge >= 0.3 is 6.36 Å². The molecule has 17 heavy (non-hydrogen) atoms. The van der Waals surface area contributed by atoms with Crippen LogP contribution in [0.2, 0.25) is 5.02 Å². The number of benzene rings is 1. The lowest BCUT2D eigenvalue weighted by Crippen LogP contribution is -2.17. The van der Waals surface area contributed by atoms with Crippen molar-refractivity contribution in [2.75, 3.05) is 0 Å². The molecule has 1 heterocycles. The molecular formula is C11H7ClF3NO. The second-order valence-electron chi connectivity index (χ2n) is 3.48. The first-order valence-electron chi connectivity index (χ1n) is 4.67. The molecule has 6 heteroatoms. The van der Waals surface area contributed by atoms with E-state index in [1.54, 1.807) is 13.1 Å². The van der Waals surface area contributed by atoms with Gasteiger partial charge in [-0.2, -0.15) is 0 Å². The van der Waals surface area contributed by atoms with Gasteiger partial charge in [0.2, 0.25) is 0 Å². The molecule has 0 aliphatic rings. The van der Waals surface area contributed by atoms with Crippen LogP contribution < -0.4 is 4.74 Å². The van der Waals surface area contributed by atoms with Gasteiger partial charge in [0.25, 0.3) is 0 Å². The standard InChI is InChI=1S/C11H7ClF3NO/c1-6-5-16-9-3-2-7(17-11(13,14)15)4-8(9)10(6)12/h2-5H,1H3. The fraction of sp³-hybridized carbons (Fsp3) is 0.182. The first-order valence-corrected chi connectivity index (χ1v) is 5.05. The van der Waals surface area contributed by atoms with E-state index in [0.717, 1.165) is 0 Å². The Morgan fingerprint density at radius 1 is 1.29 bits per heavy atom. The van der Waals surface area contributed by atoms with Crippen LogP contribution in [0.1, 0.15) is 5.56 Å². The Balaban J connectivity index is 2.53. The lowest BCUT2D eigenvalue weighted by Gasteiger charge is -2.10. The van der Waals surface area contributed by atoms with Gasteiger partial charge in [-0.25, -0.2) is 0 Å². The number of rotatable bonds is 1. The molecule has 0 N–H and O–H groups in total. The molecule has 0 bridgehead atoms. The second kappa shape index (κ2) is 4.07. The summed E-state index contributed by atoms with van der Waals surface area (Å²) in [5.41, 5.74) is 1.22. The highest BCUT2D eigenvalue weighted by Gasteiger charge is 2.31. The van der Waals surface area contributed by atoms with E-state index in [4.69, 9.17) is 11.6 Å². The van der Waals surface area contributed by atoms with Crippen LogP contribution in [0.5, 0.6) is 5.75 Å². The van der Waals surface area contributed by atoms with E-state index in [-0.39, 0.29) is 5.75 Å². The number of aromatic nitrogens is 1. The van der Waals surface area contributed by atoms with Crippen molar-refractivity contribution in [1.82, 2.24) is 4.98 Å². The van der Waals surface area contributed by atoms with Crippen molar-refractivity contribution in [3.63, 3.8) is 0 Å². The molecule has 1 aromatic heterocycles. The molecule has 0 spiro atoms. The zero-order chi connectivity index (χ0) is 12.6. The summed E-state index contributed by atoms with van der Waals surface area (Å²) in [6.07, 6.45) is -3.15. The normalized spacial score (nSPS) is 11.8. The summed E-state index contributed by atoms with van der Waals surface area (Å²) in [6, 6.07) is 3.86. The molecular weight excluding hydrogens is 255 g/mol. The Bertz CT molecular complexity index is 568. The third-order valence-electron chi connectivity index (χ3n) is 2.18. The van der Waals surface area contributed by atoms with Crippen LogP contribution in [0.3, 0.4) is 0 Å². The lowest BCUT2D eigenvalue weighted by atomic mass is 10.1. The Hall–Kier alpha value is -1.49. The van der Waals surface area contributed by atoms with E-state index in [2.05, 4.69) is 9.72 Å². The van der Waals surface area contributed by atoms with Gasteiger partial charge in [-0.1, -0.05) is 11.6 Å². The molecule has 0 aliphatic carbocycles. The van der Waals surface area contributed by atoms with Crippen molar-refractivity contribution in [3.8, 4) is 5.75 Å². The number of fused-ring (bicyclic) bond motifs is 1. The van der Waals surface area contributed by atoms with Crippen molar-refractivity contribution in [2.24, 2.45) is 0 Å². The monoisotopic (exact) mass is 261 g/mol. The van der Waals surface area contributed by atoms with Crippen LogP contribution in [0.4, 0.5) is 13.2 Å². The van der Waals surface area contributed by atoms with Gasteiger partial charge in [-0.3, -0.25) is 4.98 Å². The quantitative estimate of drug-likeness (QED) is 0.771. The zero-order valence-electron chi connectivity index (χ0n) is 8.68. The molecule has 0 saturated carbocycles. The van der Waals surface area contributed by atoms with Crippen molar-refractivity contribution in [3.05, 3.63) is 35.0 Å². The average Bonchev–Trinajstić information content (AvgIpc) is 2.22. The molecule has 2 rings (SSSR count). The lowest BCUT2D eigenvalue weighted by molar-refractivity contribution is -0.274. The van der Waals surface area contributed by atoms with E-state index in [1.807, 2.05) is 0 Å². The van der Waals surface area contributed by atoms with Crippen molar-refractivity contribution in [2.45, 2.75) is 13.3 Å². The number of ether oxygens (including phenoxy) is 1. The summed E-state index contributed by atoms with van der Waals surface area (Å²) < 4.78 is 40.0. The van der Waals surface area contributed by atoms with Gasteiger partial charge in [0, 0.05) is 11.6 Å². The van der Waals surface area contributed by atoms with Gasteiger partial charge < -0.3 is 4.74 Å². The molecule has 0 amide bonds. The zero-order valence-corrected chi connectivity index (χ0v) is 9.43. The fourth-order valence-electron chi connectivity index (χ4n) is 1.44. The summed E-state index contributed by atoms with van der Waals surface area (Å²) in [5.74, 6) is -0.306. The summed E-state index contributed by atoms with van der Waals surface area (Å²) in [5, 5.41) is 0.816. The van der Waals surface area contributed by atoms with Gasteiger partial charge in [0.15, 0.2) is 0 Å². The molecule has 0 aliphatic heterocycles. The SMILES string of the molecule is Cc1cnc2ccc(OC(F)(F)F)cc2c1Cl.